The molecule has 30 heavy (non-hydrogen) atoms. The highest BCUT2D eigenvalue weighted by atomic mass is 32.1. The van der Waals surface area contributed by atoms with Crippen LogP contribution in [-0.2, 0) is 24.2 Å². The molecule has 0 unspecified atom stereocenters. The molecule has 1 aliphatic heterocycles. The van der Waals surface area contributed by atoms with Crippen molar-refractivity contribution in [2.75, 3.05) is 13.2 Å². The van der Waals surface area contributed by atoms with Crippen LogP contribution in [0.25, 0.3) is 0 Å². The van der Waals surface area contributed by atoms with E-state index < -0.39 is 0 Å². The molecule has 2 aromatic carbocycles. The topological polar surface area (TPSA) is 62.1 Å². The van der Waals surface area contributed by atoms with Gasteiger partial charge in [0.25, 0.3) is 0 Å². The molecule has 154 valence electrons. The Morgan fingerprint density at radius 3 is 2.83 bits per heavy atom. The molecule has 0 atom stereocenters. The second kappa shape index (κ2) is 9.24. The molecule has 0 saturated carbocycles. The maximum atomic E-state index is 12.7. The van der Waals surface area contributed by atoms with Gasteiger partial charge < -0.3 is 9.84 Å². The zero-order valence-corrected chi connectivity index (χ0v) is 17.7. The monoisotopic (exact) mass is 420 g/mol. The Hall–Kier alpha value is -2.96. The summed E-state index contributed by atoms with van der Waals surface area (Å²) in [6, 6.07) is 17.3. The van der Waals surface area contributed by atoms with Crippen LogP contribution in [-0.4, -0.2) is 35.3 Å². The maximum absolute atomic E-state index is 12.7. The number of carbonyl (C=O) groups excluding carboxylic acids is 1. The van der Waals surface area contributed by atoms with E-state index in [4.69, 9.17) is 4.74 Å². The fourth-order valence-corrected chi connectivity index (χ4v) is 4.88. The number of ether oxygens (including phenoxy) is 1. The van der Waals surface area contributed by atoms with Crippen molar-refractivity contribution in [2.45, 2.75) is 26.4 Å². The van der Waals surface area contributed by atoms with Crippen molar-refractivity contribution < 1.29 is 14.6 Å². The summed E-state index contributed by atoms with van der Waals surface area (Å²) >= 11 is 1.55. The molecular formula is C24H24N2O3S. The highest BCUT2D eigenvalue weighted by Crippen LogP contribution is 2.39. The van der Waals surface area contributed by atoms with Crippen LogP contribution < -0.4 is 0 Å². The van der Waals surface area contributed by atoms with Crippen LogP contribution in [0.5, 0.6) is 5.75 Å². The lowest BCUT2D eigenvalue weighted by molar-refractivity contribution is 0.0526. The van der Waals surface area contributed by atoms with Crippen LogP contribution in [0.15, 0.2) is 59.6 Å². The van der Waals surface area contributed by atoms with Crippen LogP contribution in [0.2, 0.25) is 0 Å². The van der Waals surface area contributed by atoms with Crippen LogP contribution in [0.4, 0.5) is 5.00 Å². The van der Waals surface area contributed by atoms with Gasteiger partial charge in [0.1, 0.15) is 10.8 Å². The van der Waals surface area contributed by atoms with Gasteiger partial charge in [-0.05, 0) is 42.2 Å². The molecule has 0 aliphatic carbocycles. The van der Waals surface area contributed by atoms with E-state index in [1.807, 2.05) is 19.1 Å². The number of hydrogen-bond acceptors (Lipinski definition) is 6. The third-order valence-corrected chi connectivity index (χ3v) is 6.17. The molecule has 6 heteroatoms. The largest absolute Gasteiger partial charge is 0.508 e. The number of aromatic hydroxyl groups is 1. The highest BCUT2D eigenvalue weighted by molar-refractivity contribution is 7.16. The van der Waals surface area contributed by atoms with Crippen LogP contribution >= 0.6 is 11.3 Å². The number of thiophene rings is 1. The minimum Gasteiger partial charge on any atom is -0.508 e. The van der Waals surface area contributed by atoms with Gasteiger partial charge in [-0.1, -0.05) is 42.5 Å². The van der Waals surface area contributed by atoms with Crippen LogP contribution in [0.1, 0.15) is 38.8 Å². The second-order valence-electron chi connectivity index (χ2n) is 7.20. The zero-order chi connectivity index (χ0) is 20.9. The quantitative estimate of drug-likeness (QED) is 0.453. The maximum Gasteiger partial charge on any atom is 0.341 e. The molecular weight excluding hydrogens is 396 g/mol. The first-order valence-corrected chi connectivity index (χ1v) is 10.9. The molecule has 0 radical (unpaired) electrons. The summed E-state index contributed by atoms with van der Waals surface area (Å²) in [5.74, 6) is -0.124. The Morgan fingerprint density at radius 1 is 1.23 bits per heavy atom. The Labute approximate surface area is 180 Å². The molecule has 0 amide bonds. The Morgan fingerprint density at radius 2 is 2.07 bits per heavy atom. The zero-order valence-electron chi connectivity index (χ0n) is 16.9. The summed E-state index contributed by atoms with van der Waals surface area (Å²) in [6.45, 7) is 4.71. The lowest BCUT2D eigenvalue weighted by Gasteiger charge is -2.27. The van der Waals surface area contributed by atoms with Crippen molar-refractivity contribution in [3.05, 3.63) is 81.7 Å². The van der Waals surface area contributed by atoms with Gasteiger partial charge in [-0.2, -0.15) is 0 Å². The van der Waals surface area contributed by atoms with Crippen molar-refractivity contribution in [1.82, 2.24) is 4.90 Å². The summed E-state index contributed by atoms with van der Waals surface area (Å²) in [5.41, 5.74) is 3.71. The molecule has 2 heterocycles. The predicted octanol–water partition coefficient (Wildman–Crippen LogP) is 4.94. The van der Waals surface area contributed by atoms with Crippen molar-refractivity contribution in [3.8, 4) is 5.75 Å². The lowest BCUT2D eigenvalue weighted by atomic mass is 10.0. The molecule has 0 saturated heterocycles. The second-order valence-corrected chi connectivity index (χ2v) is 8.29. The number of esters is 1. The molecule has 0 bridgehead atoms. The normalized spacial score (nSPS) is 14.0. The third kappa shape index (κ3) is 4.61. The van der Waals surface area contributed by atoms with E-state index in [0.29, 0.717) is 17.2 Å². The number of phenolic OH excluding ortho intramolecular Hbond substituents is 1. The van der Waals surface area contributed by atoms with E-state index >= 15 is 0 Å². The summed E-state index contributed by atoms with van der Waals surface area (Å²) in [5, 5.41) is 10.3. The van der Waals surface area contributed by atoms with Crippen molar-refractivity contribution in [2.24, 2.45) is 4.99 Å². The Kier molecular flexibility index (Phi) is 6.26. The van der Waals surface area contributed by atoms with E-state index in [9.17, 15) is 9.90 Å². The van der Waals surface area contributed by atoms with E-state index in [1.165, 1.54) is 10.4 Å². The van der Waals surface area contributed by atoms with Crippen molar-refractivity contribution >= 4 is 28.5 Å². The van der Waals surface area contributed by atoms with Crippen LogP contribution in [0, 0.1) is 0 Å². The fraction of sp³-hybridized carbons (Fsp3) is 0.250. The van der Waals surface area contributed by atoms with E-state index in [-0.39, 0.29) is 11.7 Å². The molecule has 5 nitrogen and oxygen atoms in total. The van der Waals surface area contributed by atoms with Gasteiger partial charge in [0, 0.05) is 30.7 Å². The average molecular weight is 421 g/mol. The third-order valence-electron chi connectivity index (χ3n) is 5.05. The van der Waals surface area contributed by atoms with Crippen LogP contribution in [0.3, 0.4) is 0 Å². The van der Waals surface area contributed by atoms with Gasteiger partial charge in [-0.3, -0.25) is 4.90 Å². The number of fused-ring (bicyclic) bond motifs is 1. The lowest BCUT2D eigenvalue weighted by Crippen LogP contribution is -2.29. The number of nitrogens with zero attached hydrogens (tertiary/aromatic N) is 2. The minimum atomic E-state index is -0.311. The summed E-state index contributed by atoms with van der Waals surface area (Å²) in [4.78, 5) is 20.9. The number of rotatable bonds is 6. The van der Waals surface area contributed by atoms with Gasteiger partial charge >= 0.3 is 5.97 Å². The Balaban J connectivity index is 1.61. The van der Waals surface area contributed by atoms with Gasteiger partial charge in [-0.15, -0.1) is 11.3 Å². The Bertz CT molecular complexity index is 1060. The molecule has 0 spiro atoms. The highest BCUT2D eigenvalue weighted by Gasteiger charge is 2.28. The SMILES string of the molecule is CCOC(=O)c1c(N=Cc2cccc(O)c2)sc2c1CCN(Cc1ccccc1)C2. The van der Waals surface area contributed by atoms with E-state index in [2.05, 4.69) is 34.2 Å². The first-order valence-electron chi connectivity index (χ1n) is 10.0. The van der Waals surface area contributed by atoms with Crippen molar-refractivity contribution in [1.29, 1.82) is 0 Å². The van der Waals surface area contributed by atoms with Crippen molar-refractivity contribution in [3.63, 3.8) is 0 Å². The van der Waals surface area contributed by atoms with Gasteiger partial charge in [0.2, 0.25) is 0 Å². The number of carbonyl (C=O) groups is 1. The number of hydrogen-bond donors (Lipinski definition) is 1. The fourth-order valence-electron chi connectivity index (χ4n) is 3.66. The number of aliphatic imine (C=N–C) groups is 1. The first-order chi connectivity index (χ1) is 14.6. The molecule has 4 rings (SSSR count). The molecule has 3 aromatic rings. The van der Waals surface area contributed by atoms with E-state index in [1.54, 1.807) is 35.8 Å². The standard InChI is InChI=1S/C24H24N2O3S/c1-2-29-24(28)22-20-11-12-26(15-17-7-4-3-5-8-17)16-21(20)30-23(22)25-14-18-9-6-10-19(27)13-18/h3-10,13-14,27H,2,11-12,15-16H2,1H3. The van der Waals surface area contributed by atoms with E-state index in [0.717, 1.165) is 37.2 Å². The summed E-state index contributed by atoms with van der Waals surface area (Å²) < 4.78 is 5.33. The molecule has 1 aliphatic rings. The average Bonchev–Trinajstić information content (AvgIpc) is 3.11. The number of phenols is 1. The van der Waals surface area contributed by atoms with Gasteiger partial charge in [0.05, 0.1) is 12.2 Å². The molecule has 1 aromatic heterocycles. The predicted molar refractivity (Wildman–Crippen MR) is 120 cm³/mol. The molecule has 1 N–H and O–H groups in total. The minimum absolute atomic E-state index is 0.187. The molecule has 0 fully saturated rings. The van der Waals surface area contributed by atoms with Gasteiger partial charge in [0.15, 0.2) is 0 Å². The number of benzene rings is 2. The first kappa shape index (κ1) is 20.3. The summed E-state index contributed by atoms with van der Waals surface area (Å²) in [6.07, 6.45) is 2.48. The smallest absolute Gasteiger partial charge is 0.341 e. The van der Waals surface area contributed by atoms with Gasteiger partial charge in [-0.25, -0.2) is 9.79 Å². The summed E-state index contributed by atoms with van der Waals surface area (Å²) in [7, 11) is 0.